The minimum atomic E-state index is -1.58. The summed E-state index contributed by atoms with van der Waals surface area (Å²) in [4.78, 5) is 40.5. The lowest BCUT2D eigenvalue weighted by Gasteiger charge is -2.59. The number of hydrogen-bond donors (Lipinski definition) is 1. The molecule has 6 rings (SSSR count). The molecule has 1 aliphatic heterocycles. The molecule has 0 aromatic heterocycles. The highest BCUT2D eigenvalue weighted by atomic mass is 32.2. The third-order valence-electron chi connectivity index (χ3n) is 10.5. The van der Waals surface area contributed by atoms with E-state index in [1.165, 1.54) is 24.1 Å². The predicted octanol–water partition coefficient (Wildman–Crippen LogP) is 4.82. The van der Waals surface area contributed by atoms with Gasteiger partial charge in [0.2, 0.25) is 5.12 Å². The molecule has 1 aromatic rings. The van der Waals surface area contributed by atoms with Gasteiger partial charge in [-0.3, -0.25) is 14.4 Å². The van der Waals surface area contributed by atoms with Crippen molar-refractivity contribution in [3.63, 3.8) is 0 Å². The Bertz CT molecular complexity index is 1380. The standard InChI is InChI=1S/C31H36FNO7S/c1-29-11-10-17(34)12-16(29)6-8-19-21-14-24-31(27(36)41-28(37)33(3)4,30(21,2)15-23(35)25(19)29)40-26(39-24)20-9-7-18(38-5)13-22(20)32/h7,9-13,19,21,23-26,35H,6,8,14-15H2,1-5H3/t19-,21-,23-,24+,25+,26?,29-,30-,31-/m0/s1. The number of carbonyl (C=O) groups is 3. The lowest BCUT2D eigenvalue weighted by Crippen LogP contribution is -2.62. The van der Waals surface area contributed by atoms with E-state index in [4.69, 9.17) is 14.2 Å². The molecule has 10 heteroatoms. The maximum Gasteiger partial charge on any atom is 0.288 e. The van der Waals surface area contributed by atoms with Crippen molar-refractivity contribution in [2.24, 2.45) is 28.6 Å². The molecule has 0 spiro atoms. The molecule has 1 amide bonds. The van der Waals surface area contributed by atoms with Gasteiger partial charge in [-0.15, -0.1) is 0 Å². The van der Waals surface area contributed by atoms with Crippen LogP contribution in [0.25, 0.3) is 0 Å². The number of thioether (sulfide) groups is 1. The number of ketones is 1. The average molecular weight is 586 g/mol. The van der Waals surface area contributed by atoms with Crippen LogP contribution in [-0.2, 0) is 19.1 Å². The Labute approximate surface area is 243 Å². The van der Waals surface area contributed by atoms with Crippen molar-refractivity contribution in [2.45, 2.75) is 63.6 Å². The summed E-state index contributed by atoms with van der Waals surface area (Å²) in [5.74, 6) is -0.469. The van der Waals surface area contributed by atoms with E-state index in [0.29, 0.717) is 30.4 Å². The third kappa shape index (κ3) is 4.01. The highest BCUT2D eigenvalue weighted by Gasteiger charge is 2.76. The molecular formula is C31H36FNO7S. The van der Waals surface area contributed by atoms with Crippen molar-refractivity contribution in [2.75, 3.05) is 21.2 Å². The number of methoxy groups -OCH3 is 1. The molecule has 41 heavy (non-hydrogen) atoms. The van der Waals surface area contributed by atoms with Crippen molar-refractivity contribution in [3.05, 3.63) is 53.4 Å². The molecule has 3 saturated carbocycles. The molecule has 5 aliphatic rings. The Hall–Kier alpha value is -2.53. The van der Waals surface area contributed by atoms with Gasteiger partial charge < -0.3 is 24.2 Å². The molecule has 4 aliphatic carbocycles. The molecule has 4 fully saturated rings. The van der Waals surface area contributed by atoms with Crippen LogP contribution in [0.1, 0.15) is 51.4 Å². The quantitative estimate of drug-likeness (QED) is 0.539. The van der Waals surface area contributed by atoms with Gasteiger partial charge in [-0.05, 0) is 61.8 Å². The van der Waals surface area contributed by atoms with E-state index in [1.54, 1.807) is 32.3 Å². The van der Waals surface area contributed by atoms with E-state index in [0.717, 1.165) is 12.0 Å². The average Bonchev–Trinajstić information content (AvgIpc) is 3.41. The number of aliphatic hydroxyl groups excluding tert-OH is 1. The Morgan fingerprint density at radius 2 is 2.00 bits per heavy atom. The summed E-state index contributed by atoms with van der Waals surface area (Å²) < 4.78 is 33.3. The first-order valence-electron chi connectivity index (χ1n) is 14.1. The zero-order valence-electron chi connectivity index (χ0n) is 23.9. The fraction of sp³-hybridized carbons (Fsp3) is 0.581. The van der Waals surface area contributed by atoms with Gasteiger partial charge >= 0.3 is 0 Å². The first kappa shape index (κ1) is 28.6. The summed E-state index contributed by atoms with van der Waals surface area (Å²) in [6.45, 7) is 4.04. The fourth-order valence-electron chi connectivity index (χ4n) is 8.63. The first-order valence-corrected chi connectivity index (χ1v) is 14.9. The Kier molecular flexibility index (Phi) is 6.80. The van der Waals surface area contributed by atoms with Crippen LogP contribution in [0, 0.1) is 34.4 Å². The molecule has 1 saturated heterocycles. The Morgan fingerprint density at radius 1 is 1.24 bits per heavy atom. The number of halogens is 1. The number of aliphatic hydroxyl groups is 1. The fourth-order valence-corrected chi connectivity index (χ4v) is 9.53. The molecule has 8 nitrogen and oxygen atoms in total. The molecule has 1 heterocycles. The van der Waals surface area contributed by atoms with Gasteiger partial charge in [0, 0.05) is 54.2 Å². The minimum Gasteiger partial charge on any atom is -0.497 e. The second-order valence-corrected chi connectivity index (χ2v) is 13.6. The predicted molar refractivity (Wildman–Crippen MR) is 149 cm³/mol. The lowest BCUT2D eigenvalue weighted by molar-refractivity contribution is -0.195. The molecule has 0 bridgehead atoms. The number of rotatable bonds is 3. The van der Waals surface area contributed by atoms with Crippen LogP contribution < -0.4 is 4.74 Å². The number of amides is 1. The van der Waals surface area contributed by atoms with Crippen LogP contribution in [0.5, 0.6) is 5.75 Å². The van der Waals surface area contributed by atoms with Gasteiger partial charge in [0.25, 0.3) is 5.24 Å². The maximum atomic E-state index is 15.2. The van der Waals surface area contributed by atoms with E-state index in [1.807, 2.05) is 13.0 Å². The maximum absolute atomic E-state index is 15.2. The van der Waals surface area contributed by atoms with Crippen LogP contribution >= 0.6 is 11.8 Å². The van der Waals surface area contributed by atoms with Crippen molar-refractivity contribution >= 4 is 27.9 Å². The van der Waals surface area contributed by atoms with E-state index < -0.39 is 51.1 Å². The number of nitrogens with zero attached hydrogens (tertiary/aromatic N) is 1. The largest absolute Gasteiger partial charge is 0.497 e. The molecule has 1 unspecified atom stereocenters. The van der Waals surface area contributed by atoms with Crippen LogP contribution in [-0.4, -0.2) is 65.2 Å². The molecule has 220 valence electrons. The SMILES string of the molecule is COc1ccc(C2O[C@@H]3C[C@H]4[C@@H]5CCC6=CC(=O)C=C[C@]6(C)[C@H]5[C@@H](O)C[C@]4(C)[C@]3(C(=O)SC(=O)N(C)C)O2)c(F)c1. The lowest BCUT2D eigenvalue weighted by atomic mass is 9.46. The molecular weight excluding hydrogens is 549 g/mol. The number of allylic oxidation sites excluding steroid dienone is 4. The highest BCUT2D eigenvalue weighted by Crippen LogP contribution is 2.71. The van der Waals surface area contributed by atoms with Gasteiger partial charge in [-0.1, -0.05) is 25.5 Å². The van der Waals surface area contributed by atoms with Crippen LogP contribution in [0.4, 0.5) is 9.18 Å². The molecule has 1 N–H and O–H groups in total. The van der Waals surface area contributed by atoms with Gasteiger partial charge in [0.05, 0.1) is 19.3 Å². The minimum absolute atomic E-state index is 0.0250. The first-order chi connectivity index (χ1) is 19.4. The summed E-state index contributed by atoms with van der Waals surface area (Å²) in [5.41, 5.74) is -1.76. The number of carbonyl (C=O) groups excluding carboxylic acids is 3. The number of ether oxygens (including phenoxy) is 3. The van der Waals surface area contributed by atoms with Crippen molar-refractivity contribution in [3.8, 4) is 5.75 Å². The van der Waals surface area contributed by atoms with E-state index in [9.17, 15) is 19.5 Å². The smallest absolute Gasteiger partial charge is 0.288 e. The van der Waals surface area contributed by atoms with Gasteiger partial charge in [-0.25, -0.2) is 4.39 Å². The van der Waals surface area contributed by atoms with Crippen molar-refractivity contribution < 1.29 is 38.1 Å². The summed E-state index contributed by atoms with van der Waals surface area (Å²) in [7, 11) is 4.59. The van der Waals surface area contributed by atoms with Crippen LogP contribution in [0.15, 0.2) is 42.0 Å². The normalized spacial score (nSPS) is 40.7. The molecule has 1 aromatic carbocycles. The summed E-state index contributed by atoms with van der Waals surface area (Å²) in [6.07, 6.45) is 4.70. The number of hydrogen-bond acceptors (Lipinski definition) is 8. The second-order valence-electron chi connectivity index (χ2n) is 12.7. The Morgan fingerprint density at radius 3 is 2.68 bits per heavy atom. The zero-order chi connectivity index (χ0) is 29.5. The van der Waals surface area contributed by atoms with Gasteiger partial charge in [-0.2, -0.15) is 0 Å². The van der Waals surface area contributed by atoms with Crippen molar-refractivity contribution in [1.82, 2.24) is 4.90 Å². The number of fused-ring (bicyclic) bond motifs is 7. The van der Waals surface area contributed by atoms with Crippen LogP contribution in [0.2, 0.25) is 0 Å². The van der Waals surface area contributed by atoms with E-state index >= 15 is 4.39 Å². The highest BCUT2D eigenvalue weighted by molar-refractivity contribution is 8.26. The van der Waals surface area contributed by atoms with E-state index in [-0.39, 0.29) is 35.5 Å². The summed E-state index contributed by atoms with van der Waals surface area (Å²) in [6, 6.07) is 4.37. The topological polar surface area (TPSA) is 102 Å². The third-order valence-corrected chi connectivity index (χ3v) is 11.6. The zero-order valence-corrected chi connectivity index (χ0v) is 24.7. The summed E-state index contributed by atoms with van der Waals surface area (Å²) >= 11 is 0.572. The second kappa shape index (κ2) is 9.76. The van der Waals surface area contributed by atoms with Gasteiger partial charge in [0.15, 0.2) is 17.7 Å². The molecule has 0 radical (unpaired) electrons. The monoisotopic (exact) mass is 585 g/mol. The van der Waals surface area contributed by atoms with E-state index in [2.05, 4.69) is 6.92 Å². The van der Waals surface area contributed by atoms with Crippen molar-refractivity contribution in [1.29, 1.82) is 0 Å². The van der Waals surface area contributed by atoms with Crippen LogP contribution in [0.3, 0.4) is 0 Å². The van der Waals surface area contributed by atoms with Gasteiger partial charge in [0.1, 0.15) is 11.6 Å². The number of benzene rings is 1. The Balaban J connectivity index is 1.41. The summed E-state index contributed by atoms with van der Waals surface area (Å²) in [5, 5.41) is 10.9. The molecule has 9 atom stereocenters.